The molecule has 0 saturated carbocycles. The summed E-state index contributed by atoms with van der Waals surface area (Å²) < 4.78 is 0. The molecule has 0 N–H and O–H groups in total. The zero-order valence-electron chi connectivity index (χ0n) is 2.20. The van der Waals surface area contributed by atoms with Crippen molar-refractivity contribution in [2.45, 2.75) is 0 Å². The Morgan fingerprint density at radius 3 is 1.20 bits per heavy atom. The van der Waals surface area contributed by atoms with E-state index in [0.29, 0.717) is 0 Å². The Balaban J connectivity index is 0. The van der Waals surface area contributed by atoms with Gasteiger partial charge in [0, 0.05) is 0 Å². The Kier molecular flexibility index (Phi) is 17.2. The predicted octanol–water partition coefficient (Wildman–Crippen LogP) is 0.0311. The van der Waals surface area contributed by atoms with Crippen LogP contribution in [0.3, 0.4) is 0 Å². The van der Waals surface area contributed by atoms with Crippen LogP contribution in [0.5, 0.6) is 0 Å². The van der Waals surface area contributed by atoms with Gasteiger partial charge in [-0.05, 0) is 0 Å². The van der Waals surface area contributed by atoms with Gasteiger partial charge in [-0.2, -0.15) is 10.5 Å². The first-order valence-electron chi connectivity index (χ1n) is 0.697. The van der Waals surface area contributed by atoms with E-state index in [0.717, 1.165) is 0 Å². The molecule has 0 aliphatic rings. The molecule has 0 aliphatic heterocycles. The van der Waals surface area contributed by atoms with Crippen LogP contribution in [0.4, 0.5) is 0 Å². The van der Waals surface area contributed by atoms with Crippen LogP contribution in [0.25, 0.3) is 0 Å². The molecule has 0 aromatic carbocycles. The molecular formula is C2CuN2+2. The standard InChI is InChI=1S/C2N2.Cu/c3-1-2-4;/q;+2. The Hall–Kier alpha value is -0.501. The van der Waals surface area contributed by atoms with Crippen LogP contribution < -0.4 is 0 Å². The van der Waals surface area contributed by atoms with Crippen molar-refractivity contribution in [3.8, 4) is 12.1 Å². The minimum atomic E-state index is 0. The summed E-state index contributed by atoms with van der Waals surface area (Å²) in [4.78, 5) is 0. The second kappa shape index (κ2) is 9.72. The minimum absolute atomic E-state index is 0. The normalized spacial score (nSPS) is 2.00. The molecule has 0 fully saturated rings. The van der Waals surface area contributed by atoms with Crippen molar-refractivity contribution in [2.24, 2.45) is 0 Å². The third-order valence-corrected chi connectivity index (χ3v) is 0.0500. The van der Waals surface area contributed by atoms with Crippen LogP contribution in [0.1, 0.15) is 0 Å². The summed E-state index contributed by atoms with van der Waals surface area (Å²) in [5.74, 6) is 0. The summed E-state index contributed by atoms with van der Waals surface area (Å²) in [5.41, 5.74) is 0. The average Bonchev–Trinajstić information content (AvgIpc) is 1.37. The fourth-order valence-electron chi connectivity index (χ4n) is 0. The molecule has 0 saturated heterocycles. The first-order chi connectivity index (χ1) is 1.91. The van der Waals surface area contributed by atoms with Gasteiger partial charge in [0.1, 0.15) is 0 Å². The van der Waals surface area contributed by atoms with Gasteiger partial charge in [0.2, 0.25) is 0 Å². The van der Waals surface area contributed by atoms with Crippen LogP contribution in [-0.4, -0.2) is 0 Å². The van der Waals surface area contributed by atoms with E-state index in [2.05, 4.69) is 0 Å². The van der Waals surface area contributed by atoms with Gasteiger partial charge in [0.15, 0.2) is 12.1 Å². The molecule has 0 rings (SSSR count). The number of nitrogens with zero attached hydrogens (tertiary/aromatic N) is 2. The van der Waals surface area contributed by atoms with Crippen LogP contribution in [0.15, 0.2) is 0 Å². The maximum atomic E-state index is 7.26. The van der Waals surface area contributed by atoms with Crippen LogP contribution in [0.2, 0.25) is 0 Å². The molecule has 2 nitrogen and oxygen atoms in total. The second-order valence-electron chi connectivity index (χ2n) is 0.224. The van der Waals surface area contributed by atoms with Gasteiger partial charge in [-0.3, -0.25) is 0 Å². The smallest absolute Gasteiger partial charge is 0.181 e. The van der Waals surface area contributed by atoms with Crippen molar-refractivity contribution in [1.82, 2.24) is 0 Å². The molecule has 5 heavy (non-hydrogen) atoms. The number of rotatable bonds is 0. The number of nitriles is 2. The maximum absolute atomic E-state index is 7.26. The molecule has 0 heterocycles. The van der Waals surface area contributed by atoms with Gasteiger partial charge < -0.3 is 0 Å². The quantitative estimate of drug-likeness (QED) is 0.419. The first-order valence-corrected chi connectivity index (χ1v) is 0.697. The van der Waals surface area contributed by atoms with Crippen molar-refractivity contribution in [2.75, 3.05) is 0 Å². The van der Waals surface area contributed by atoms with E-state index in [-0.39, 0.29) is 17.1 Å². The molecule has 0 amide bonds. The molecule has 0 bridgehead atoms. The molecule has 0 atom stereocenters. The van der Waals surface area contributed by atoms with Gasteiger partial charge in [-0.15, -0.1) is 0 Å². The topological polar surface area (TPSA) is 47.6 Å². The molecule has 0 aliphatic carbocycles. The van der Waals surface area contributed by atoms with Crippen molar-refractivity contribution in [1.29, 1.82) is 10.5 Å². The van der Waals surface area contributed by atoms with Crippen molar-refractivity contribution >= 4 is 0 Å². The fourth-order valence-corrected chi connectivity index (χ4v) is 0. The average molecular weight is 116 g/mol. The third kappa shape index (κ3) is 31.5. The van der Waals surface area contributed by atoms with E-state index in [1.165, 1.54) is 12.1 Å². The molecule has 0 aromatic rings. The Morgan fingerprint density at radius 1 is 1.00 bits per heavy atom. The summed E-state index contributed by atoms with van der Waals surface area (Å²) >= 11 is 0. The van der Waals surface area contributed by atoms with Crippen molar-refractivity contribution in [3.63, 3.8) is 0 Å². The zero-order valence-corrected chi connectivity index (χ0v) is 3.14. The zero-order chi connectivity index (χ0) is 3.41. The van der Waals surface area contributed by atoms with Gasteiger partial charge in [-0.25, -0.2) is 0 Å². The van der Waals surface area contributed by atoms with Crippen LogP contribution >= 0.6 is 0 Å². The van der Waals surface area contributed by atoms with Gasteiger partial charge in [0.05, 0.1) is 0 Å². The van der Waals surface area contributed by atoms with Crippen LogP contribution in [-0.2, 0) is 17.1 Å². The largest absolute Gasteiger partial charge is 2.00 e. The van der Waals surface area contributed by atoms with Gasteiger partial charge in [0.25, 0.3) is 0 Å². The van der Waals surface area contributed by atoms with E-state index >= 15 is 0 Å². The van der Waals surface area contributed by atoms with E-state index < -0.39 is 0 Å². The Bertz CT molecular complexity index is 62.6. The van der Waals surface area contributed by atoms with E-state index in [4.69, 9.17) is 10.5 Å². The molecule has 0 spiro atoms. The molecule has 1 radical (unpaired) electrons. The number of hydrogen-bond acceptors (Lipinski definition) is 2. The van der Waals surface area contributed by atoms with Gasteiger partial charge >= 0.3 is 17.1 Å². The second-order valence-corrected chi connectivity index (χ2v) is 0.224. The molecule has 0 unspecified atom stereocenters. The summed E-state index contributed by atoms with van der Waals surface area (Å²) in [6.45, 7) is 0. The SMILES string of the molecule is N#CC#N.[Cu+2]. The van der Waals surface area contributed by atoms with Crippen molar-refractivity contribution in [3.05, 3.63) is 0 Å². The maximum Gasteiger partial charge on any atom is 2.00 e. The molecular weight excluding hydrogens is 116 g/mol. The summed E-state index contributed by atoms with van der Waals surface area (Å²) in [7, 11) is 0. The molecule has 27 valence electrons. The number of hydrogen-bond donors (Lipinski definition) is 0. The first kappa shape index (κ1) is 8.82. The Morgan fingerprint density at radius 2 is 1.20 bits per heavy atom. The summed E-state index contributed by atoms with van der Waals surface area (Å²) in [5, 5.41) is 14.5. The minimum Gasteiger partial charge on any atom is -0.181 e. The van der Waals surface area contributed by atoms with E-state index in [1.54, 1.807) is 0 Å². The monoisotopic (exact) mass is 115 g/mol. The van der Waals surface area contributed by atoms with E-state index in [9.17, 15) is 0 Å². The predicted molar refractivity (Wildman–Crippen MR) is 11.2 cm³/mol. The summed E-state index contributed by atoms with van der Waals surface area (Å²) in [6, 6.07) is 2.47. The summed E-state index contributed by atoms with van der Waals surface area (Å²) in [6.07, 6.45) is 0. The molecule has 3 heteroatoms. The van der Waals surface area contributed by atoms with Crippen molar-refractivity contribution < 1.29 is 17.1 Å². The molecule has 0 aromatic heterocycles. The van der Waals surface area contributed by atoms with E-state index in [1.807, 2.05) is 0 Å². The third-order valence-electron chi connectivity index (χ3n) is 0.0500. The Labute approximate surface area is 40.5 Å². The van der Waals surface area contributed by atoms with Crippen LogP contribution in [0, 0.1) is 22.7 Å². The van der Waals surface area contributed by atoms with Gasteiger partial charge in [-0.1, -0.05) is 0 Å². The fraction of sp³-hybridized carbons (Fsp3) is 0.